The van der Waals surface area contributed by atoms with Crippen molar-refractivity contribution in [1.29, 1.82) is 0 Å². The van der Waals surface area contributed by atoms with Crippen LogP contribution in [0.4, 0.5) is 9.59 Å². The third kappa shape index (κ3) is 4.11. The first kappa shape index (κ1) is 16.1. The van der Waals surface area contributed by atoms with E-state index in [1.54, 1.807) is 0 Å². The van der Waals surface area contributed by atoms with E-state index in [1.165, 1.54) is 4.90 Å². The molecule has 1 aromatic carbocycles. The Kier molecular flexibility index (Phi) is 5.60. The number of nitrogens with one attached hydrogen (secondary N) is 1. The fraction of sp³-hybridized carbons (Fsp3) is 0.467. The topological polar surface area (TPSA) is 99.1 Å². The third-order valence-electron chi connectivity index (χ3n) is 3.73. The number of aliphatic hydroxyl groups excluding tert-OH is 1. The van der Waals surface area contributed by atoms with Crippen LogP contribution in [0.1, 0.15) is 18.4 Å². The molecule has 0 aromatic heterocycles. The van der Waals surface area contributed by atoms with Gasteiger partial charge in [0.1, 0.15) is 6.61 Å². The van der Waals surface area contributed by atoms with Crippen LogP contribution in [0.15, 0.2) is 30.3 Å². The Labute approximate surface area is 128 Å². The van der Waals surface area contributed by atoms with Crippen molar-refractivity contribution < 1.29 is 24.5 Å². The van der Waals surface area contributed by atoms with Gasteiger partial charge in [-0.2, -0.15) is 0 Å². The lowest BCUT2D eigenvalue weighted by Gasteiger charge is -2.25. The van der Waals surface area contributed by atoms with Gasteiger partial charge in [0.05, 0.1) is 12.1 Å². The minimum Gasteiger partial charge on any atom is -0.465 e. The highest BCUT2D eigenvalue weighted by molar-refractivity contribution is 5.69. The first-order valence-corrected chi connectivity index (χ1v) is 7.19. The number of carbonyl (C=O) groups excluding carboxylic acids is 1. The number of hydrogen-bond donors (Lipinski definition) is 3. The average Bonchev–Trinajstić information content (AvgIpc) is 2.90. The van der Waals surface area contributed by atoms with Crippen LogP contribution < -0.4 is 5.32 Å². The Morgan fingerprint density at radius 1 is 1.32 bits per heavy atom. The molecular weight excluding hydrogens is 288 g/mol. The van der Waals surface area contributed by atoms with Crippen molar-refractivity contribution >= 4 is 12.2 Å². The smallest absolute Gasteiger partial charge is 0.407 e. The minimum atomic E-state index is -1.04. The molecule has 22 heavy (non-hydrogen) atoms. The van der Waals surface area contributed by atoms with Crippen molar-refractivity contribution in [3.05, 3.63) is 35.9 Å². The van der Waals surface area contributed by atoms with Crippen molar-refractivity contribution in [2.45, 2.75) is 31.5 Å². The Balaban J connectivity index is 1.86. The van der Waals surface area contributed by atoms with Crippen molar-refractivity contribution in [2.24, 2.45) is 0 Å². The molecule has 0 unspecified atom stereocenters. The number of aliphatic hydroxyl groups is 1. The quantitative estimate of drug-likeness (QED) is 0.764. The number of benzene rings is 1. The molecule has 2 atom stereocenters. The number of rotatable bonds is 5. The van der Waals surface area contributed by atoms with E-state index in [0.29, 0.717) is 13.0 Å². The summed E-state index contributed by atoms with van der Waals surface area (Å²) in [4.78, 5) is 24.2. The molecule has 0 radical (unpaired) electrons. The highest BCUT2D eigenvalue weighted by Crippen LogP contribution is 2.21. The molecule has 0 saturated carbocycles. The lowest BCUT2D eigenvalue weighted by molar-refractivity contribution is 0.116. The second kappa shape index (κ2) is 7.65. The third-order valence-corrected chi connectivity index (χ3v) is 3.73. The number of ether oxygens (including phenoxy) is 1. The van der Waals surface area contributed by atoms with Gasteiger partial charge < -0.3 is 25.2 Å². The number of hydrogen-bond acceptors (Lipinski definition) is 4. The number of carboxylic acid groups (broad SMARTS) is 1. The van der Waals surface area contributed by atoms with Gasteiger partial charge in [-0.1, -0.05) is 30.3 Å². The monoisotopic (exact) mass is 308 g/mol. The molecule has 2 rings (SSSR count). The zero-order valence-electron chi connectivity index (χ0n) is 12.1. The molecular formula is C15H20N2O5. The summed E-state index contributed by atoms with van der Waals surface area (Å²) in [5, 5.41) is 20.9. The van der Waals surface area contributed by atoms with Crippen LogP contribution in [-0.4, -0.2) is 52.5 Å². The van der Waals surface area contributed by atoms with Crippen LogP contribution in [0, 0.1) is 0 Å². The first-order chi connectivity index (χ1) is 10.6. The summed E-state index contributed by atoms with van der Waals surface area (Å²) in [7, 11) is 0. The number of amides is 2. The summed E-state index contributed by atoms with van der Waals surface area (Å²) in [5.74, 6) is 0. The van der Waals surface area contributed by atoms with Gasteiger partial charge in [0.25, 0.3) is 0 Å². The van der Waals surface area contributed by atoms with Crippen LogP contribution in [0.3, 0.4) is 0 Å². The molecule has 1 aliphatic heterocycles. The molecule has 0 spiro atoms. The fourth-order valence-corrected chi connectivity index (χ4v) is 2.66. The number of nitrogens with zero attached hydrogens (tertiary/aromatic N) is 1. The van der Waals surface area contributed by atoms with Gasteiger partial charge in [-0.15, -0.1) is 0 Å². The molecule has 1 fully saturated rings. The van der Waals surface area contributed by atoms with Crippen LogP contribution >= 0.6 is 0 Å². The minimum absolute atomic E-state index is 0.133. The largest absolute Gasteiger partial charge is 0.465 e. The summed E-state index contributed by atoms with van der Waals surface area (Å²) in [5.41, 5.74) is 0.878. The maximum atomic E-state index is 11.8. The molecule has 7 nitrogen and oxygen atoms in total. The second-order valence-corrected chi connectivity index (χ2v) is 5.16. The summed E-state index contributed by atoms with van der Waals surface area (Å²) in [6.07, 6.45) is -0.822. The van der Waals surface area contributed by atoms with Crippen molar-refractivity contribution in [1.82, 2.24) is 10.2 Å². The number of likely N-dealkylation sites (tertiary alicyclic amines) is 1. The molecule has 1 heterocycles. The van der Waals surface area contributed by atoms with Gasteiger partial charge in [0, 0.05) is 13.2 Å². The van der Waals surface area contributed by atoms with E-state index < -0.39 is 18.2 Å². The van der Waals surface area contributed by atoms with E-state index in [9.17, 15) is 9.59 Å². The van der Waals surface area contributed by atoms with Gasteiger partial charge in [0.2, 0.25) is 0 Å². The van der Waals surface area contributed by atoms with Crippen molar-refractivity contribution in [2.75, 3.05) is 13.2 Å². The predicted molar refractivity (Wildman–Crippen MR) is 78.4 cm³/mol. The molecule has 2 amide bonds. The first-order valence-electron chi connectivity index (χ1n) is 7.19. The molecule has 3 N–H and O–H groups in total. The number of alkyl carbamates (subject to hydrolysis) is 1. The summed E-state index contributed by atoms with van der Waals surface area (Å²) in [6, 6.07) is 8.53. The summed E-state index contributed by atoms with van der Waals surface area (Å²) >= 11 is 0. The summed E-state index contributed by atoms with van der Waals surface area (Å²) < 4.78 is 5.13. The van der Waals surface area contributed by atoms with E-state index in [0.717, 1.165) is 5.56 Å². The maximum Gasteiger partial charge on any atom is 0.407 e. The molecule has 120 valence electrons. The zero-order valence-corrected chi connectivity index (χ0v) is 12.1. The Morgan fingerprint density at radius 2 is 2.05 bits per heavy atom. The normalized spacial score (nSPS) is 20.7. The molecule has 1 aromatic rings. The van der Waals surface area contributed by atoms with Crippen LogP contribution in [0.25, 0.3) is 0 Å². The highest BCUT2D eigenvalue weighted by atomic mass is 16.5. The molecule has 1 saturated heterocycles. The SMILES string of the molecule is O=C(N[C@H]1CCN(C(=O)O)[C@@H]1CCO)OCc1ccccc1. The van der Waals surface area contributed by atoms with Crippen LogP contribution in [-0.2, 0) is 11.3 Å². The van der Waals surface area contributed by atoms with Gasteiger partial charge in [-0.05, 0) is 18.4 Å². The van der Waals surface area contributed by atoms with E-state index >= 15 is 0 Å². The Bertz CT molecular complexity index is 508. The lowest BCUT2D eigenvalue weighted by Crippen LogP contribution is -2.47. The highest BCUT2D eigenvalue weighted by Gasteiger charge is 2.37. The fourth-order valence-electron chi connectivity index (χ4n) is 2.66. The van der Waals surface area contributed by atoms with E-state index in [2.05, 4.69) is 5.32 Å². The predicted octanol–water partition coefficient (Wildman–Crippen LogP) is 1.42. The van der Waals surface area contributed by atoms with Crippen molar-refractivity contribution in [3.8, 4) is 0 Å². The van der Waals surface area contributed by atoms with Crippen LogP contribution in [0.2, 0.25) is 0 Å². The number of carbonyl (C=O) groups is 2. The standard InChI is InChI=1S/C15H20N2O5/c18-9-7-13-12(6-8-17(13)15(20)21)16-14(19)22-10-11-4-2-1-3-5-11/h1-5,12-13,18H,6-10H2,(H,16,19)(H,20,21)/t12-,13+/m0/s1. The van der Waals surface area contributed by atoms with E-state index in [1.807, 2.05) is 30.3 Å². The summed E-state index contributed by atoms with van der Waals surface area (Å²) in [6.45, 7) is 0.363. The lowest BCUT2D eigenvalue weighted by atomic mass is 10.1. The second-order valence-electron chi connectivity index (χ2n) is 5.16. The van der Waals surface area contributed by atoms with Gasteiger partial charge >= 0.3 is 12.2 Å². The molecule has 0 bridgehead atoms. The molecule has 1 aliphatic rings. The average molecular weight is 308 g/mol. The molecule has 7 heteroatoms. The Morgan fingerprint density at radius 3 is 2.68 bits per heavy atom. The van der Waals surface area contributed by atoms with Crippen molar-refractivity contribution in [3.63, 3.8) is 0 Å². The zero-order chi connectivity index (χ0) is 15.9. The van der Waals surface area contributed by atoms with E-state index in [-0.39, 0.29) is 25.7 Å². The van der Waals surface area contributed by atoms with E-state index in [4.69, 9.17) is 14.9 Å². The molecule has 0 aliphatic carbocycles. The maximum absolute atomic E-state index is 11.8. The van der Waals surface area contributed by atoms with Gasteiger partial charge in [-0.25, -0.2) is 9.59 Å². The van der Waals surface area contributed by atoms with Gasteiger partial charge in [0.15, 0.2) is 0 Å². The van der Waals surface area contributed by atoms with Gasteiger partial charge in [-0.3, -0.25) is 0 Å². The van der Waals surface area contributed by atoms with Crippen LogP contribution in [0.5, 0.6) is 0 Å². The Hall–Kier alpha value is -2.28.